The molecule has 2 atom stereocenters. The molecule has 0 radical (unpaired) electrons. The Kier molecular flexibility index (Phi) is 2.76. The van der Waals surface area contributed by atoms with E-state index in [4.69, 9.17) is 15.5 Å². The maximum Gasteiger partial charge on any atom is 0.0986 e. The molecule has 17 heavy (non-hydrogen) atoms. The molecular weight excluding hydrogens is 232 g/mol. The van der Waals surface area contributed by atoms with Crippen molar-refractivity contribution in [1.82, 2.24) is 4.98 Å². The van der Waals surface area contributed by atoms with Crippen molar-refractivity contribution in [3.8, 4) is 0 Å². The Hall–Kier alpha value is -0.450. The quantitative estimate of drug-likeness (QED) is 0.836. The van der Waals surface area contributed by atoms with Gasteiger partial charge in [0.2, 0.25) is 0 Å². The minimum atomic E-state index is 0.183. The molecule has 3 nitrogen and oxygen atoms in total. The minimum Gasteiger partial charge on any atom is -0.381 e. The van der Waals surface area contributed by atoms with Crippen molar-refractivity contribution in [3.63, 3.8) is 0 Å². The fraction of sp³-hybridized carbons (Fsp3) is 0.769. The largest absolute Gasteiger partial charge is 0.381 e. The second kappa shape index (κ2) is 4.04. The summed E-state index contributed by atoms with van der Waals surface area (Å²) in [6.45, 7) is 6.29. The molecule has 94 valence electrons. The Bertz CT molecular complexity index is 421. The molecule has 2 N–H and O–H groups in total. The van der Waals surface area contributed by atoms with E-state index in [0.717, 1.165) is 32.5 Å². The molecule has 1 aliphatic carbocycles. The molecule has 4 heteroatoms. The van der Waals surface area contributed by atoms with Crippen LogP contribution in [0.1, 0.15) is 54.2 Å². The second-order valence-corrected chi connectivity index (χ2v) is 7.14. The number of aromatic nitrogens is 1. The van der Waals surface area contributed by atoms with Gasteiger partial charge in [-0.05, 0) is 24.7 Å². The van der Waals surface area contributed by atoms with Gasteiger partial charge in [0, 0.05) is 23.4 Å². The van der Waals surface area contributed by atoms with Crippen molar-refractivity contribution in [1.29, 1.82) is 0 Å². The Balaban J connectivity index is 1.91. The van der Waals surface area contributed by atoms with Gasteiger partial charge >= 0.3 is 0 Å². The third-order valence-electron chi connectivity index (χ3n) is 3.78. The van der Waals surface area contributed by atoms with Crippen molar-refractivity contribution in [2.24, 2.45) is 11.1 Å². The second-order valence-electron chi connectivity index (χ2n) is 6.08. The zero-order chi connectivity index (χ0) is 12.0. The first kappa shape index (κ1) is 11.6. The predicted molar refractivity (Wildman–Crippen MR) is 69.3 cm³/mol. The van der Waals surface area contributed by atoms with Gasteiger partial charge in [-0.2, -0.15) is 0 Å². The number of hydrogen-bond acceptors (Lipinski definition) is 4. The average Bonchev–Trinajstić information content (AvgIpc) is 2.81. The molecule has 1 saturated heterocycles. The molecule has 0 amide bonds. The minimum absolute atomic E-state index is 0.183. The molecule has 1 aliphatic heterocycles. The van der Waals surface area contributed by atoms with Gasteiger partial charge in [-0.25, -0.2) is 4.98 Å². The smallest absolute Gasteiger partial charge is 0.0986 e. The van der Waals surface area contributed by atoms with Crippen molar-refractivity contribution in [3.05, 3.63) is 15.6 Å². The summed E-state index contributed by atoms with van der Waals surface area (Å²) in [6, 6.07) is 0.183. The van der Waals surface area contributed by atoms with E-state index < -0.39 is 0 Å². The van der Waals surface area contributed by atoms with Gasteiger partial charge in [-0.3, -0.25) is 0 Å². The number of nitrogens with zero attached hydrogens (tertiary/aromatic N) is 1. The summed E-state index contributed by atoms with van der Waals surface area (Å²) in [7, 11) is 0. The van der Waals surface area contributed by atoms with Crippen LogP contribution in [0.4, 0.5) is 0 Å². The normalized spacial score (nSPS) is 31.5. The summed E-state index contributed by atoms with van der Waals surface area (Å²) in [6.07, 6.45) is 3.26. The Morgan fingerprint density at radius 3 is 3.00 bits per heavy atom. The lowest BCUT2D eigenvalue weighted by Gasteiger charge is -2.32. The average molecular weight is 252 g/mol. The number of ether oxygens (including phenoxy) is 1. The third-order valence-corrected chi connectivity index (χ3v) is 5.17. The maximum atomic E-state index is 6.27. The molecule has 3 rings (SSSR count). The molecule has 0 spiro atoms. The lowest BCUT2D eigenvalue weighted by molar-refractivity contribution is 0.194. The van der Waals surface area contributed by atoms with Gasteiger partial charge in [-0.15, -0.1) is 11.3 Å². The van der Waals surface area contributed by atoms with Crippen LogP contribution in [0.15, 0.2) is 0 Å². The van der Waals surface area contributed by atoms with Gasteiger partial charge in [0.1, 0.15) is 0 Å². The highest BCUT2D eigenvalue weighted by atomic mass is 32.1. The van der Waals surface area contributed by atoms with Gasteiger partial charge in [0.15, 0.2) is 0 Å². The van der Waals surface area contributed by atoms with Crippen LogP contribution in [0, 0.1) is 5.41 Å². The highest BCUT2D eigenvalue weighted by Gasteiger charge is 2.34. The van der Waals surface area contributed by atoms with E-state index in [9.17, 15) is 0 Å². The van der Waals surface area contributed by atoms with E-state index in [1.807, 2.05) is 11.3 Å². The van der Waals surface area contributed by atoms with Crippen LogP contribution in [0.25, 0.3) is 0 Å². The topological polar surface area (TPSA) is 48.1 Å². The molecule has 0 bridgehead atoms. The van der Waals surface area contributed by atoms with Crippen molar-refractivity contribution in [2.75, 3.05) is 13.2 Å². The highest BCUT2D eigenvalue weighted by molar-refractivity contribution is 7.12. The van der Waals surface area contributed by atoms with Crippen LogP contribution in [-0.2, 0) is 11.2 Å². The maximum absolute atomic E-state index is 6.27. The zero-order valence-electron chi connectivity index (χ0n) is 10.5. The van der Waals surface area contributed by atoms with Crippen molar-refractivity contribution < 1.29 is 4.74 Å². The fourth-order valence-electron chi connectivity index (χ4n) is 2.92. The predicted octanol–water partition coefficient (Wildman–Crippen LogP) is 2.62. The van der Waals surface area contributed by atoms with Gasteiger partial charge in [-0.1, -0.05) is 13.8 Å². The molecule has 2 heterocycles. The first-order valence-corrected chi connectivity index (χ1v) is 7.20. The van der Waals surface area contributed by atoms with E-state index >= 15 is 0 Å². The monoisotopic (exact) mass is 252 g/mol. The SMILES string of the molecule is CC1(C)Cc2nc(C3CCOC3)sc2C(N)C1. The van der Waals surface area contributed by atoms with Crippen LogP contribution in [-0.4, -0.2) is 18.2 Å². The van der Waals surface area contributed by atoms with Crippen molar-refractivity contribution >= 4 is 11.3 Å². The summed E-state index contributed by atoms with van der Waals surface area (Å²) >= 11 is 1.83. The van der Waals surface area contributed by atoms with Crippen LogP contribution in [0.2, 0.25) is 0 Å². The Morgan fingerprint density at radius 2 is 2.29 bits per heavy atom. The van der Waals surface area contributed by atoms with E-state index in [1.54, 1.807) is 0 Å². The summed E-state index contributed by atoms with van der Waals surface area (Å²) in [5.74, 6) is 0.515. The number of thiazole rings is 1. The van der Waals surface area contributed by atoms with Gasteiger partial charge in [0.25, 0.3) is 0 Å². The van der Waals surface area contributed by atoms with Crippen LogP contribution < -0.4 is 5.73 Å². The third kappa shape index (κ3) is 2.14. The Labute approximate surface area is 106 Å². The first-order chi connectivity index (χ1) is 8.05. The van der Waals surface area contributed by atoms with E-state index in [0.29, 0.717) is 11.3 Å². The van der Waals surface area contributed by atoms with Gasteiger partial charge in [0.05, 0.1) is 17.3 Å². The zero-order valence-corrected chi connectivity index (χ0v) is 11.3. The molecule has 0 saturated carbocycles. The molecule has 1 aromatic heterocycles. The molecule has 1 aromatic rings. The van der Waals surface area contributed by atoms with E-state index in [1.165, 1.54) is 15.6 Å². The van der Waals surface area contributed by atoms with Crippen molar-refractivity contribution in [2.45, 2.75) is 45.1 Å². The summed E-state index contributed by atoms with van der Waals surface area (Å²) in [4.78, 5) is 6.16. The van der Waals surface area contributed by atoms with Crippen LogP contribution in [0.5, 0.6) is 0 Å². The lowest BCUT2D eigenvalue weighted by atomic mass is 9.77. The highest BCUT2D eigenvalue weighted by Crippen LogP contribution is 2.43. The first-order valence-electron chi connectivity index (χ1n) is 6.38. The number of rotatable bonds is 1. The van der Waals surface area contributed by atoms with E-state index in [2.05, 4.69) is 13.8 Å². The Morgan fingerprint density at radius 1 is 1.47 bits per heavy atom. The molecule has 1 fully saturated rings. The molecule has 0 aromatic carbocycles. The molecular formula is C13H20N2OS. The fourth-order valence-corrected chi connectivity index (χ4v) is 4.12. The number of nitrogens with two attached hydrogens (primary N) is 1. The van der Waals surface area contributed by atoms with E-state index in [-0.39, 0.29) is 6.04 Å². The summed E-state index contributed by atoms with van der Waals surface area (Å²) in [5, 5.41) is 1.25. The van der Waals surface area contributed by atoms with Crippen LogP contribution in [0.3, 0.4) is 0 Å². The summed E-state index contributed by atoms with van der Waals surface area (Å²) in [5.41, 5.74) is 7.82. The molecule has 2 unspecified atom stereocenters. The van der Waals surface area contributed by atoms with Gasteiger partial charge < -0.3 is 10.5 Å². The summed E-state index contributed by atoms with van der Waals surface area (Å²) < 4.78 is 5.45. The lowest BCUT2D eigenvalue weighted by Crippen LogP contribution is -2.28. The molecule has 2 aliphatic rings. The standard InChI is InChI=1S/C13H20N2OS/c1-13(2)5-9(14)11-10(6-13)15-12(17-11)8-3-4-16-7-8/h8-9H,3-7,14H2,1-2H3. The van der Waals surface area contributed by atoms with Crippen LogP contribution >= 0.6 is 11.3 Å². The number of fused-ring (bicyclic) bond motifs is 1. The number of hydrogen-bond donors (Lipinski definition) is 1.